The van der Waals surface area contributed by atoms with E-state index in [-0.39, 0.29) is 17.3 Å². The third-order valence-electron chi connectivity index (χ3n) is 2.49. The fourth-order valence-corrected chi connectivity index (χ4v) is 1.58. The molecular weight excluding hydrogens is 281 g/mol. The van der Waals surface area contributed by atoms with Crippen molar-refractivity contribution >= 4 is 17.5 Å². The van der Waals surface area contributed by atoms with Crippen molar-refractivity contribution in [1.29, 1.82) is 5.26 Å². The summed E-state index contributed by atoms with van der Waals surface area (Å²) in [4.78, 5) is 11.5. The molecule has 2 N–H and O–H groups in total. The Morgan fingerprint density at radius 1 is 1.40 bits per heavy atom. The smallest absolute Gasteiger partial charge is 0.263 e. The Labute approximate surface area is 122 Å². The summed E-state index contributed by atoms with van der Waals surface area (Å²) < 4.78 is 13.3. The van der Waals surface area contributed by atoms with E-state index < -0.39 is 5.91 Å². The zero-order valence-corrected chi connectivity index (χ0v) is 11.6. The molecule has 0 atom stereocenters. The lowest BCUT2D eigenvalue weighted by molar-refractivity contribution is -0.117. The number of hydrogen-bond donors (Lipinski definition) is 2. The lowest BCUT2D eigenvalue weighted by Gasteiger charge is -2.04. The predicted octanol–water partition coefficient (Wildman–Crippen LogP) is 1.72. The SMILES string of the molecule is N#C/C(=C/NCCc1ccccc1F)C(=O)NCCCl. The number of carbonyl (C=O) groups is 1. The van der Waals surface area contributed by atoms with Crippen LogP contribution < -0.4 is 10.6 Å². The first-order chi connectivity index (χ1) is 9.69. The van der Waals surface area contributed by atoms with E-state index in [0.29, 0.717) is 25.1 Å². The normalized spacial score (nSPS) is 10.8. The van der Waals surface area contributed by atoms with E-state index in [2.05, 4.69) is 10.6 Å². The first-order valence-electron chi connectivity index (χ1n) is 6.10. The standard InChI is InChI=1S/C14H15ClFN3O/c15-6-8-19-14(20)12(9-17)10-18-7-5-11-3-1-2-4-13(11)16/h1-4,10,18H,5-8H2,(H,19,20)/b12-10-. The molecule has 0 unspecified atom stereocenters. The minimum absolute atomic E-state index is 0.0383. The van der Waals surface area contributed by atoms with Crippen molar-refractivity contribution < 1.29 is 9.18 Å². The maximum absolute atomic E-state index is 13.3. The highest BCUT2D eigenvalue weighted by Crippen LogP contribution is 2.06. The minimum atomic E-state index is -0.480. The van der Waals surface area contributed by atoms with Gasteiger partial charge in [0.15, 0.2) is 0 Å². The number of hydrogen-bond acceptors (Lipinski definition) is 3. The fraction of sp³-hybridized carbons (Fsp3) is 0.286. The van der Waals surface area contributed by atoms with Gasteiger partial charge >= 0.3 is 0 Å². The van der Waals surface area contributed by atoms with Crippen LogP contribution in [0.15, 0.2) is 36.0 Å². The molecule has 0 fully saturated rings. The predicted molar refractivity (Wildman–Crippen MR) is 75.5 cm³/mol. The van der Waals surface area contributed by atoms with Crippen LogP contribution in [0.5, 0.6) is 0 Å². The van der Waals surface area contributed by atoms with E-state index >= 15 is 0 Å². The summed E-state index contributed by atoms with van der Waals surface area (Å²) in [6.07, 6.45) is 1.79. The Bertz CT molecular complexity index is 525. The second-order valence-corrected chi connectivity index (χ2v) is 4.29. The Morgan fingerprint density at radius 2 is 2.15 bits per heavy atom. The number of halogens is 2. The molecule has 0 radical (unpaired) electrons. The summed E-state index contributed by atoms with van der Waals surface area (Å²) in [6.45, 7) is 0.726. The second-order valence-electron chi connectivity index (χ2n) is 3.91. The molecule has 1 aromatic carbocycles. The lowest BCUT2D eigenvalue weighted by atomic mass is 10.1. The summed E-state index contributed by atoms with van der Waals surface area (Å²) in [7, 11) is 0. The molecule has 0 bridgehead atoms. The quantitative estimate of drug-likeness (QED) is 0.348. The summed E-state index contributed by atoms with van der Waals surface area (Å²) in [5.41, 5.74) is 0.544. The van der Waals surface area contributed by atoms with Crippen LogP contribution in [0.1, 0.15) is 5.56 Å². The summed E-state index contributed by atoms with van der Waals surface area (Å²) in [5, 5.41) is 14.2. The number of carbonyl (C=O) groups excluding carboxylic acids is 1. The van der Waals surface area contributed by atoms with E-state index in [9.17, 15) is 9.18 Å². The van der Waals surface area contributed by atoms with Crippen molar-refractivity contribution in [1.82, 2.24) is 10.6 Å². The van der Waals surface area contributed by atoms with Crippen molar-refractivity contribution in [2.75, 3.05) is 19.0 Å². The lowest BCUT2D eigenvalue weighted by Crippen LogP contribution is -2.27. The van der Waals surface area contributed by atoms with Gasteiger partial charge in [0.05, 0.1) is 0 Å². The molecule has 106 valence electrons. The Kier molecular flexibility index (Phi) is 7.15. The monoisotopic (exact) mass is 295 g/mol. The molecule has 0 aliphatic carbocycles. The molecule has 0 aliphatic rings. The molecule has 1 amide bonds. The first-order valence-corrected chi connectivity index (χ1v) is 6.63. The van der Waals surface area contributed by atoms with Gasteiger partial charge in [0.2, 0.25) is 0 Å². The first kappa shape index (κ1) is 16.0. The number of nitrogens with zero attached hydrogens (tertiary/aromatic N) is 1. The Balaban J connectivity index is 2.45. The van der Waals surface area contributed by atoms with Crippen LogP contribution in [0.2, 0.25) is 0 Å². The Hall–Kier alpha value is -2.06. The average Bonchev–Trinajstić information content (AvgIpc) is 2.46. The largest absolute Gasteiger partial charge is 0.389 e. The molecule has 1 aromatic rings. The molecule has 1 rings (SSSR count). The molecule has 0 saturated heterocycles. The van der Waals surface area contributed by atoms with Crippen LogP contribution in [0.25, 0.3) is 0 Å². The van der Waals surface area contributed by atoms with E-state index in [1.807, 2.05) is 0 Å². The summed E-state index contributed by atoms with van der Waals surface area (Å²) in [5.74, 6) is -0.462. The molecule has 4 nitrogen and oxygen atoms in total. The third kappa shape index (κ3) is 5.29. The summed E-state index contributed by atoms with van der Waals surface area (Å²) >= 11 is 5.43. The van der Waals surface area contributed by atoms with Gasteiger partial charge in [-0.25, -0.2) is 4.39 Å². The molecule has 0 aromatic heterocycles. The molecule has 0 aliphatic heterocycles. The number of nitrogens with one attached hydrogen (secondary N) is 2. The number of benzene rings is 1. The highest BCUT2D eigenvalue weighted by molar-refractivity contribution is 6.18. The van der Waals surface area contributed by atoms with Crippen LogP contribution in [0.4, 0.5) is 4.39 Å². The zero-order chi connectivity index (χ0) is 14.8. The number of alkyl halides is 1. The maximum atomic E-state index is 13.3. The van der Waals surface area contributed by atoms with Gasteiger partial charge in [0.1, 0.15) is 17.5 Å². The van der Waals surface area contributed by atoms with Crippen LogP contribution in [-0.4, -0.2) is 24.9 Å². The van der Waals surface area contributed by atoms with Gasteiger partial charge in [-0.15, -0.1) is 11.6 Å². The van der Waals surface area contributed by atoms with Crippen LogP contribution >= 0.6 is 11.6 Å². The van der Waals surface area contributed by atoms with Crippen molar-refractivity contribution in [3.05, 3.63) is 47.4 Å². The summed E-state index contributed by atoms with van der Waals surface area (Å²) in [6, 6.07) is 8.26. The second kappa shape index (κ2) is 8.94. The molecule has 0 heterocycles. The van der Waals surface area contributed by atoms with Crippen LogP contribution in [0.3, 0.4) is 0 Å². The third-order valence-corrected chi connectivity index (χ3v) is 2.68. The van der Waals surface area contributed by atoms with Crippen molar-refractivity contribution in [3.63, 3.8) is 0 Å². The molecule has 0 saturated carbocycles. The van der Waals surface area contributed by atoms with E-state index in [1.54, 1.807) is 24.3 Å². The van der Waals surface area contributed by atoms with Gasteiger partial charge in [-0.1, -0.05) is 18.2 Å². The maximum Gasteiger partial charge on any atom is 0.263 e. The van der Waals surface area contributed by atoms with Crippen LogP contribution in [-0.2, 0) is 11.2 Å². The van der Waals surface area contributed by atoms with Gasteiger partial charge in [0.25, 0.3) is 5.91 Å². The Morgan fingerprint density at radius 3 is 2.80 bits per heavy atom. The zero-order valence-electron chi connectivity index (χ0n) is 10.8. The van der Waals surface area contributed by atoms with Gasteiger partial charge in [0, 0.05) is 25.2 Å². The molecule has 0 spiro atoms. The number of rotatable bonds is 7. The van der Waals surface area contributed by atoms with E-state index in [1.165, 1.54) is 12.3 Å². The molecule has 20 heavy (non-hydrogen) atoms. The van der Waals surface area contributed by atoms with E-state index in [4.69, 9.17) is 16.9 Å². The van der Waals surface area contributed by atoms with Crippen molar-refractivity contribution in [2.45, 2.75) is 6.42 Å². The minimum Gasteiger partial charge on any atom is -0.389 e. The van der Waals surface area contributed by atoms with Crippen molar-refractivity contribution in [2.24, 2.45) is 0 Å². The highest BCUT2D eigenvalue weighted by atomic mass is 35.5. The number of amides is 1. The van der Waals surface area contributed by atoms with Gasteiger partial charge in [-0.3, -0.25) is 4.79 Å². The van der Waals surface area contributed by atoms with Gasteiger partial charge < -0.3 is 10.6 Å². The van der Waals surface area contributed by atoms with Crippen molar-refractivity contribution in [3.8, 4) is 6.07 Å². The topological polar surface area (TPSA) is 64.9 Å². The molecule has 6 heteroatoms. The fourth-order valence-electron chi connectivity index (χ4n) is 1.49. The van der Waals surface area contributed by atoms with Gasteiger partial charge in [-0.05, 0) is 18.1 Å². The average molecular weight is 296 g/mol. The van der Waals surface area contributed by atoms with Gasteiger partial charge in [-0.2, -0.15) is 5.26 Å². The number of nitriles is 1. The molecular formula is C14H15ClFN3O. The van der Waals surface area contributed by atoms with Crippen LogP contribution in [0, 0.1) is 17.1 Å². The highest BCUT2D eigenvalue weighted by Gasteiger charge is 2.07. The van der Waals surface area contributed by atoms with E-state index in [0.717, 1.165) is 0 Å².